The highest BCUT2D eigenvalue weighted by atomic mass is 32.2. The quantitative estimate of drug-likeness (QED) is 0.193. The molecular weight excluding hydrogens is 853 g/mol. The molecule has 3 aliphatic heterocycles. The minimum Gasteiger partial charge on any atom is -0.492 e. The summed E-state index contributed by atoms with van der Waals surface area (Å²) in [7, 11) is -4.01. The first-order valence-electron chi connectivity index (χ1n) is 24.2. The lowest BCUT2D eigenvalue weighted by atomic mass is 9.83. The molecule has 2 saturated heterocycles. The van der Waals surface area contributed by atoms with E-state index in [1.54, 1.807) is 13.0 Å². The maximum Gasteiger partial charge on any atom is 0.408 e. The topological polar surface area (TPSA) is 195 Å². The van der Waals surface area contributed by atoms with Gasteiger partial charge in [0.15, 0.2) is 0 Å². The number of aromatic nitrogens is 1. The number of hydrogen-bond acceptors (Lipinski definition) is 12. The van der Waals surface area contributed by atoms with Gasteiger partial charge in [-0.2, -0.15) is 0 Å². The van der Waals surface area contributed by atoms with Gasteiger partial charge in [-0.25, -0.2) is 18.2 Å². The van der Waals surface area contributed by atoms with Gasteiger partial charge in [-0.1, -0.05) is 50.3 Å². The van der Waals surface area contributed by atoms with Crippen LogP contribution in [0.2, 0.25) is 0 Å². The van der Waals surface area contributed by atoms with Crippen LogP contribution in [0.25, 0.3) is 10.9 Å². The zero-order valence-corrected chi connectivity index (χ0v) is 38.5. The first-order valence-corrected chi connectivity index (χ1v) is 25.7. The number of benzene rings is 1. The van der Waals surface area contributed by atoms with Crippen LogP contribution in [0.15, 0.2) is 36.9 Å². The third-order valence-corrected chi connectivity index (χ3v) is 17.3. The predicted octanol–water partition coefficient (Wildman–Crippen LogP) is 4.92. The molecule has 4 saturated carbocycles. The van der Waals surface area contributed by atoms with E-state index in [2.05, 4.69) is 26.8 Å². The number of amides is 4. The molecule has 0 radical (unpaired) electrons. The highest BCUT2D eigenvalue weighted by Crippen LogP contribution is 2.47. The lowest BCUT2D eigenvalue weighted by Gasteiger charge is -2.34. The van der Waals surface area contributed by atoms with E-state index in [4.69, 9.17) is 23.9 Å². The molecule has 7 aliphatic rings. The summed E-state index contributed by atoms with van der Waals surface area (Å²) in [6.45, 7) is 10.1. The minimum absolute atomic E-state index is 0.00205. The number of carbonyl (C=O) groups excluding carboxylic acids is 4. The molecule has 7 atom stereocenters. The van der Waals surface area contributed by atoms with Gasteiger partial charge in [0, 0.05) is 37.4 Å². The number of ether oxygens (including phenoxy) is 4. The standard InChI is InChI=1S/C48H66N6O10S/c1-3-33-29-48(33,45(57)52-65(59,60)47(2)19-20-47)51-42(55)38-28-34-30-54(38)44(56)40(31-13-6-4-7-14-31)50-46(58)64-39-27-32(39)15-8-5-9-17-36-41(62-24-12-21-53-22-25-61-26-23-53)35-16-10-11-18-37(35)49-43(36)63-34/h3,10-11,16,18,31-34,38-40H,1,4-9,12-15,17,19-30H2,2H3,(H,50,58)(H,51,55)(H,52,57)/t32-,33-,34-,38+,39-,40+,48-/m1/s1. The van der Waals surface area contributed by atoms with Crippen LogP contribution in [0.4, 0.5) is 4.79 Å². The van der Waals surface area contributed by atoms with Gasteiger partial charge >= 0.3 is 6.09 Å². The van der Waals surface area contributed by atoms with Gasteiger partial charge in [-0.05, 0) is 95.1 Å². The molecule has 4 heterocycles. The van der Waals surface area contributed by atoms with Crippen molar-refractivity contribution >= 4 is 44.7 Å². The van der Waals surface area contributed by atoms with Crippen LogP contribution >= 0.6 is 0 Å². The SMILES string of the molecule is C=C[C@@H]1C[C@]1(NC(=O)[C@@H]1C[C@@H]2CN1C(=O)[C@H](C1CCCCC1)NC(=O)O[C@@H]1C[C@H]1CCCCCc1c(nc3ccccc3c1OCCCN1CCOCC1)O2)C(=O)NS(=O)(=O)C1(C)CC1. The molecule has 354 valence electrons. The molecule has 4 aliphatic carbocycles. The second-order valence-corrected chi connectivity index (χ2v) is 22.0. The second-order valence-electron chi connectivity index (χ2n) is 19.8. The zero-order valence-electron chi connectivity index (χ0n) is 37.7. The third-order valence-electron chi connectivity index (χ3n) is 15.2. The molecule has 2 aromatic rings. The van der Waals surface area contributed by atoms with Crippen molar-refractivity contribution in [1.29, 1.82) is 0 Å². The highest BCUT2D eigenvalue weighted by molar-refractivity contribution is 7.91. The van der Waals surface area contributed by atoms with E-state index in [1.165, 1.54) is 4.90 Å². The largest absolute Gasteiger partial charge is 0.492 e. The zero-order chi connectivity index (χ0) is 45.3. The fourth-order valence-electron chi connectivity index (χ4n) is 10.5. The van der Waals surface area contributed by atoms with Gasteiger partial charge in [0.1, 0.15) is 35.6 Å². The average molecular weight is 919 g/mol. The van der Waals surface area contributed by atoms with E-state index >= 15 is 4.79 Å². The molecule has 6 fully saturated rings. The van der Waals surface area contributed by atoms with Crippen molar-refractivity contribution in [1.82, 2.24) is 30.1 Å². The summed E-state index contributed by atoms with van der Waals surface area (Å²) in [6, 6.07) is 5.77. The molecule has 1 aromatic heterocycles. The summed E-state index contributed by atoms with van der Waals surface area (Å²) in [6.07, 6.45) is 11.3. The average Bonchev–Trinajstić information content (AvgIpc) is 4.27. The number of para-hydroxylation sites is 1. The molecule has 1 aromatic carbocycles. The molecular formula is C48H66N6O10S. The van der Waals surface area contributed by atoms with Crippen LogP contribution in [-0.4, -0.2) is 128 Å². The number of alkyl carbamates (subject to hydrolysis) is 1. The van der Waals surface area contributed by atoms with Gasteiger partial charge in [-0.15, -0.1) is 6.58 Å². The number of carbonyl (C=O) groups is 4. The summed E-state index contributed by atoms with van der Waals surface area (Å²) in [5.74, 6) is -1.19. The second kappa shape index (κ2) is 19.0. The number of rotatable bonds is 12. The Kier molecular flexibility index (Phi) is 13.4. The molecule has 16 nitrogen and oxygen atoms in total. The van der Waals surface area contributed by atoms with E-state index in [0.29, 0.717) is 37.3 Å². The van der Waals surface area contributed by atoms with Crippen molar-refractivity contribution in [3.63, 3.8) is 0 Å². The monoisotopic (exact) mass is 918 g/mol. The molecule has 65 heavy (non-hydrogen) atoms. The number of morpholine rings is 1. The number of nitrogens with one attached hydrogen (secondary N) is 3. The summed E-state index contributed by atoms with van der Waals surface area (Å²) < 4.78 is 52.8. The van der Waals surface area contributed by atoms with Crippen molar-refractivity contribution in [2.24, 2.45) is 17.8 Å². The number of sulfonamides is 1. The number of nitrogens with zero attached hydrogens (tertiary/aromatic N) is 3. The number of fused-ring (bicyclic) bond motifs is 5. The Hall–Kier alpha value is -4.48. The van der Waals surface area contributed by atoms with Crippen LogP contribution in [-0.2, 0) is 40.3 Å². The van der Waals surface area contributed by atoms with Crippen molar-refractivity contribution in [2.45, 2.75) is 144 Å². The Morgan fingerprint density at radius 3 is 2.48 bits per heavy atom. The third kappa shape index (κ3) is 9.97. The van der Waals surface area contributed by atoms with Gasteiger partial charge in [0.05, 0.1) is 42.2 Å². The van der Waals surface area contributed by atoms with E-state index in [1.807, 2.05) is 24.3 Å². The van der Waals surface area contributed by atoms with E-state index < -0.39 is 68.2 Å². The van der Waals surface area contributed by atoms with E-state index in [-0.39, 0.29) is 37.3 Å². The predicted molar refractivity (Wildman–Crippen MR) is 242 cm³/mol. The first-order chi connectivity index (χ1) is 31.4. The molecule has 0 unspecified atom stereocenters. The molecule has 2 bridgehead atoms. The molecule has 17 heteroatoms. The highest BCUT2D eigenvalue weighted by Gasteiger charge is 2.63. The van der Waals surface area contributed by atoms with E-state index in [9.17, 15) is 22.8 Å². The summed E-state index contributed by atoms with van der Waals surface area (Å²) in [5.41, 5.74) is -0.0252. The fraction of sp³-hybridized carbons (Fsp3) is 0.688. The van der Waals surface area contributed by atoms with Crippen LogP contribution in [0.3, 0.4) is 0 Å². The Bertz CT molecular complexity index is 2240. The maximum absolute atomic E-state index is 15.1. The van der Waals surface area contributed by atoms with Gasteiger partial charge in [-0.3, -0.25) is 24.0 Å². The normalized spacial score (nSPS) is 30.8. The molecule has 9 rings (SSSR count). The van der Waals surface area contributed by atoms with Crippen LogP contribution in [0.1, 0.15) is 109 Å². The summed E-state index contributed by atoms with van der Waals surface area (Å²) in [5, 5.41) is 6.76. The number of hydrogen-bond donors (Lipinski definition) is 3. The molecule has 3 N–H and O–H groups in total. The van der Waals surface area contributed by atoms with Crippen LogP contribution in [0.5, 0.6) is 11.6 Å². The summed E-state index contributed by atoms with van der Waals surface area (Å²) in [4.78, 5) is 66.3. The van der Waals surface area contributed by atoms with Crippen molar-refractivity contribution < 1.29 is 46.5 Å². The molecule has 4 amide bonds. The van der Waals surface area contributed by atoms with Gasteiger partial charge < -0.3 is 34.5 Å². The van der Waals surface area contributed by atoms with Gasteiger partial charge in [0.25, 0.3) is 5.91 Å². The Morgan fingerprint density at radius 2 is 1.74 bits per heavy atom. The Labute approximate surface area is 382 Å². The number of pyridine rings is 1. The van der Waals surface area contributed by atoms with E-state index in [0.717, 1.165) is 120 Å². The molecule has 0 spiro atoms. The van der Waals surface area contributed by atoms with Crippen molar-refractivity contribution in [2.75, 3.05) is 46.0 Å². The van der Waals surface area contributed by atoms with Crippen LogP contribution < -0.4 is 24.8 Å². The van der Waals surface area contributed by atoms with Gasteiger partial charge in [0.2, 0.25) is 27.7 Å². The first kappa shape index (κ1) is 45.7. The van der Waals surface area contributed by atoms with Crippen molar-refractivity contribution in [3.05, 3.63) is 42.5 Å². The van der Waals surface area contributed by atoms with Crippen LogP contribution in [0, 0.1) is 17.8 Å². The van der Waals surface area contributed by atoms with Crippen molar-refractivity contribution in [3.8, 4) is 11.6 Å². The lowest BCUT2D eigenvalue weighted by molar-refractivity contribution is -0.142. The Balaban J connectivity index is 1.04. The minimum atomic E-state index is -4.01. The Morgan fingerprint density at radius 1 is 1.00 bits per heavy atom. The fourth-order valence-corrected chi connectivity index (χ4v) is 11.8. The smallest absolute Gasteiger partial charge is 0.408 e. The maximum atomic E-state index is 15.1. The lowest BCUT2D eigenvalue weighted by Crippen LogP contribution is -2.59. The summed E-state index contributed by atoms with van der Waals surface area (Å²) >= 11 is 0.